The largest absolute Gasteiger partial charge is 0.412 e. The maximum atomic E-state index is 13.4. The monoisotopic (exact) mass is 366 g/mol. The third-order valence-corrected chi connectivity index (χ3v) is 3.78. The summed E-state index contributed by atoms with van der Waals surface area (Å²) >= 11 is 0. The summed E-state index contributed by atoms with van der Waals surface area (Å²) in [6, 6.07) is 2.55. The first kappa shape index (κ1) is 19.8. The van der Waals surface area contributed by atoms with E-state index in [9.17, 15) is 18.0 Å². The molecule has 8 heteroatoms. The number of rotatable bonds is 6. The standard InChI is InChI=1S/C18H21F3N4O/c1-11(2)9-14(22)17(26)25-16(18(19,20)21)13-5-3-12(4-6-13)15-10-23-7-8-24-15/h3-8,10-11,14,16H,9,22H2,1-2H3,(H,25,26)/t14-,16-/m0/s1. The fourth-order valence-corrected chi connectivity index (χ4v) is 2.51. The van der Waals surface area contributed by atoms with E-state index in [4.69, 9.17) is 5.73 Å². The maximum absolute atomic E-state index is 13.4. The van der Waals surface area contributed by atoms with E-state index in [1.165, 1.54) is 42.9 Å². The van der Waals surface area contributed by atoms with Crippen molar-refractivity contribution in [2.75, 3.05) is 0 Å². The zero-order chi connectivity index (χ0) is 19.3. The van der Waals surface area contributed by atoms with Crippen LogP contribution in [0.15, 0.2) is 42.9 Å². The van der Waals surface area contributed by atoms with Crippen molar-refractivity contribution in [1.29, 1.82) is 0 Å². The van der Waals surface area contributed by atoms with Crippen molar-refractivity contribution in [2.24, 2.45) is 11.7 Å². The van der Waals surface area contributed by atoms with E-state index < -0.39 is 24.2 Å². The van der Waals surface area contributed by atoms with Gasteiger partial charge in [-0.15, -0.1) is 0 Å². The summed E-state index contributed by atoms with van der Waals surface area (Å²) < 4.78 is 40.3. The molecule has 1 amide bonds. The van der Waals surface area contributed by atoms with Crippen LogP contribution in [0.1, 0.15) is 31.9 Å². The second-order valence-electron chi connectivity index (χ2n) is 6.43. The number of aromatic nitrogens is 2. The van der Waals surface area contributed by atoms with Gasteiger partial charge < -0.3 is 11.1 Å². The molecule has 5 nitrogen and oxygen atoms in total. The number of halogens is 3. The Hall–Kier alpha value is -2.48. The molecule has 0 radical (unpaired) electrons. The fraction of sp³-hybridized carbons (Fsp3) is 0.389. The minimum absolute atomic E-state index is 0.0739. The Kier molecular flexibility index (Phi) is 6.31. The summed E-state index contributed by atoms with van der Waals surface area (Å²) in [5, 5.41) is 2.02. The van der Waals surface area contributed by atoms with E-state index in [1.54, 1.807) is 0 Å². The van der Waals surface area contributed by atoms with Crippen molar-refractivity contribution in [1.82, 2.24) is 15.3 Å². The second kappa shape index (κ2) is 8.27. The van der Waals surface area contributed by atoms with Gasteiger partial charge in [-0.2, -0.15) is 13.2 Å². The van der Waals surface area contributed by atoms with Crippen LogP contribution in [0.25, 0.3) is 11.3 Å². The molecule has 3 N–H and O–H groups in total. The molecule has 0 spiro atoms. The summed E-state index contributed by atoms with van der Waals surface area (Å²) in [7, 11) is 0. The predicted molar refractivity (Wildman–Crippen MR) is 91.8 cm³/mol. The van der Waals surface area contributed by atoms with Crippen LogP contribution in [0.2, 0.25) is 0 Å². The highest BCUT2D eigenvalue weighted by Crippen LogP contribution is 2.33. The zero-order valence-electron chi connectivity index (χ0n) is 14.5. The number of hydrogen-bond acceptors (Lipinski definition) is 4. The van der Waals surface area contributed by atoms with Gasteiger partial charge in [0, 0.05) is 18.0 Å². The summed E-state index contributed by atoms with van der Waals surface area (Å²) in [4.78, 5) is 20.1. The van der Waals surface area contributed by atoms with Gasteiger partial charge in [-0.25, -0.2) is 0 Å². The average Bonchev–Trinajstić information content (AvgIpc) is 2.59. The molecule has 0 unspecified atom stereocenters. The molecular formula is C18H21F3N4O. The normalized spacial score (nSPS) is 14.1. The Balaban J connectivity index is 2.21. The number of carbonyl (C=O) groups excluding carboxylic acids is 1. The van der Waals surface area contributed by atoms with Gasteiger partial charge in [0.2, 0.25) is 5.91 Å². The molecule has 0 bridgehead atoms. The lowest BCUT2D eigenvalue weighted by molar-refractivity contribution is -0.163. The molecule has 26 heavy (non-hydrogen) atoms. The van der Waals surface area contributed by atoms with Crippen LogP contribution < -0.4 is 11.1 Å². The fourth-order valence-electron chi connectivity index (χ4n) is 2.51. The van der Waals surface area contributed by atoms with Gasteiger partial charge in [-0.05, 0) is 17.9 Å². The molecule has 1 heterocycles. The van der Waals surface area contributed by atoms with E-state index in [-0.39, 0.29) is 11.5 Å². The molecular weight excluding hydrogens is 345 g/mol. The van der Waals surface area contributed by atoms with Gasteiger partial charge in [0.15, 0.2) is 6.04 Å². The third-order valence-electron chi connectivity index (χ3n) is 3.78. The number of carbonyl (C=O) groups is 1. The van der Waals surface area contributed by atoms with Crippen molar-refractivity contribution < 1.29 is 18.0 Å². The SMILES string of the molecule is CC(C)C[C@H](N)C(=O)N[C@@H](c1ccc(-c2cnccn2)cc1)C(F)(F)F. The van der Waals surface area contributed by atoms with Crippen molar-refractivity contribution in [3.05, 3.63) is 48.4 Å². The molecule has 0 aliphatic carbocycles. The Morgan fingerprint density at radius 3 is 2.35 bits per heavy atom. The van der Waals surface area contributed by atoms with Gasteiger partial charge in [0.05, 0.1) is 17.9 Å². The lowest BCUT2D eigenvalue weighted by Gasteiger charge is -2.24. The molecule has 0 aliphatic heterocycles. The first-order valence-electron chi connectivity index (χ1n) is 8.17. The highest BCUT2D eigenvalue weighted by Gasteiger charge is 2.42. The van der Waals surface area contributed by atoms with E-state index in [0.29, 0.717) is 17.7 Å². The Morgan fingerprint density at radius 1 is 1.19 bits per heavy atom. The number of nitrogens with one attached hydrogen (secondary N) is 1. The quantitative estimate of drug-likeness (QED) is 0.822. The van der Waals surface area contributed by atoms with Crippen LogP contribution >= 0.6 is 0 Å². The summed E-state index contributed by atoms with van der Waals surface area (Å²) in [6.07, 6.45) is 0.192. The van der Waals surface area contributed by atoms with Crippen LogP contribution in [-0.4, -0.2) is 28.1 Å². The van der Waals surface area contributed by atoms with Crippen LogP contribution in [0.3, 0.4) is 0 Å². The summed E-state index contributed by atoms with van der Waals surface area (Å²) in [6.45, 7) is 3.69. The molecule has 0 saturated heterocycles. The lowest BCUT2D eigenvalue weighted by Crippen LogP contribution is -2.46. The minimum atomic E-state index is -4.64. The Morgan fingerprint density at radius 2 is 1.85 bits per heavy atom. The van der Waals surface area contributed by atoms with E-state index >= 15 is 0 Å². The van der Waals surface area contributed by atoms with Gasteiger partial charge in [-0.3, -0.25) is 14.8 Å². The first-order chi connectivity index (χ1) is 12.2. The molecule has 2 rings (SSSR count). The number of hydrogen-bond donors (Lipinski definition) is 2. The predicted octanol–water partition coefficient (Wildman–Crippen LogP) is 3.24. The molecule has 0 saturated carbocycles. The second-order valence-corrected chi connectivity index (χ2v) is 6.43. The molecule has 2 atom stereocenters. The minimum Gasteiger partial charge on any atom is -0.339 e. The number of amides is 1. The van der Waals surface area contributed by atoms with Crippen molar-refractivity contribution in [3.8, 4) is 11.3 Å². The van der Waals surface area contributed by atoms with E-state index in [2.05, 4.69) is 9.97 Å². The maximum Gasteiger partial charge on any atom is 0.412 e. The molecule has 0 aliphatic rings. The summed E-state index contributed by atoms with van der Waals surface area (Å²) in [5.74, 6) is -0.717. The van der Waals surface area contributed by atoms with Gasteiger partial charge in [-0.1, -0.05) is 38.1 Å². The smallest absolute Gasteiger partial charge is 0.339 e. The third kappa shape index (κ3) is 5.26. The highest BCUT2D eigenvalue weighted by molar-refractivity contribution is 5.82. The number of nitrogens with zero attached hydrogens (tertiary/aromatic N) is 2. The molecule has 2 aromatic rings. The zero-order valence-corrected chi connectivity index (χ0v) is 14.5. The molecule has 0 fully saturated rings. The van der Waals surface area contributed by atoms with Gasteiger partial charge in [0.25, 0.3) is 0 Å². The topological polar surface area (TPSA) is 80.9 Å². The number of benzene rings is 1. The van der Waals surface area contributed by atoms with Crippen molar-refractivity contribution in [2.45, 2.75) is 38.5 Å². The van der Waals surface area contributed by atoms with Crippen molar-refractivity contribution in [3.63, 3.8) is 0 Å². The van der Waals surface area contributed by atoms with Crippen molar-refractivity contribution >= 4 is 5.91 Å². The van der Waals surface area contributed by atoms with E-state index in [0.717, 1.165) is 0 Å². The lowest BCUT2D eigenvalue weighted by atomic mass is 10.0. The van der Waals surface area contributed by atoms with Crippen LogP contribution in [0.5, 0.6) is 0 Å². The highest BCUT2D eigenvalue weighted by atomic mass is 19.4. The van der Waals surface area contributed by atoms with Gasteiger partial charge in [0.1, 0.15) is 0 Å². The molecule has 1 aromatic heterocycles. The molecule has 140 valence electrons. The number of nitrogens with two attached hydrogens (primary N) is 1. The van der Waals surface area contributed by atoms with Crippen LogP contribution in [-0.2, 0) is 4.79 Å². The Labute approximate surface area is 149 Å². The van der Waals surface area contributed by atoms with Crippen LogP contribution in [0, 0.1) is 5.92 Å². The first-order valence-corrected chi connectivity index (χ1v) is 8.17. The van der Waals surface area contributed by atoms with Crippen LogP contribution in [0.4, 0.5) is 13.2 Å². The van der Waals surface area contributed by atoms with E-state index in [1.807, 2.05) is 19.2 Å². The average molecular weight is 366 g/mol. The Bertz CT molecular complexity index is 717. The number of alkyl halides is 3. The van der Waals surface area contributed by atoms with Gasteiger partial charge >= 0.3 is 6.18 Å². The summed E-state index contributed by atoms with van der Waals surface area (Å²) in [5.41, 5.74) is 6.80. The molecule has 1 aromatic carbocycles.